The molecule has 1 rings (SSSR count). The van der Waals surface area contributed by atoms with E-state index in [1.807, 2.05) is 0 Å². The van der Waals surface area contributed by atoms with E-state index in [2.05, 4.69) is 0 Å². The number of hydrogen-bond acceptors (Lipinski definition) is 4. The number of aliphatic carboxylic acids is 1. The Kier molecular flexibility index (Phi) is 4.55. The average molecular weight is 279 g/mol. The molecule has 0 aliphatic carbocycles. The molecule has 0 radical (unpaired) electrons. The predicted octanol–water partition coefficient (Wildman–Crippen LogP) is 1.99. The lowest BCUT2D eigenvalue weighted by molar-refractivity contribution is -0.142. The van der Waals surface area contributed by atoms with Crippen molar-refractivity contribution < 1.29 is 19.4 Å². The van der Waals surface area contributed by atoms with Gasteiger partial charge in [-0.05, 0) is 45.4 Å². The number of ether oxygens (including phenoxy) is 1. The number of hydrogen-bond donors (Lipinski definition) is 2. The second-order valence-corrected chi connectivity index (χ2v) is 6.10. The van der Waals surface area contributed by atoms with Gasteiger partial charge in [0.25, 0.3) is 0 Å². The normalized spacial score (nSPS) is 14.4. The van der Waals surface area contributed by atoms with Gasteiger partial charge in [0.05, 0.1) is 5.56 Å². The Balaban J connectivity index is 2.80. The fourth-order valence-corrected chi connectivity index (χ4v) is 1.60. The summed E-state index contributed by atoms with van der Waals surface area (Å²) in [6, 6.07) is 6.60. The molecule has 0 spiro atoms. The van der Waals surface area contributed by atoms with Crippen molar-refractivity contribution in [2.24, 2.45) is 5.73 Å². The first-order valence-electron chi connectivity index (χ1n) is 6.36. The van der Waals surface area contributed by atoms with Crippen LogP contribution in [0.15, 0.2) is 24.3 Å². The van der Waals surface area contributed by atoms with Gasteiger partial charge in [-0.1, -0.05) is 12.1 Å². The standard InChI is InChI=1S/C15H21NO4/c1-14(2,3)20-12(17)11-7-5-10(6-8-11)9-15(4,16)13(18)19/h5-8H,9,16H2,1-4H3,(H,18,19). The Morgan fingerprint density at radius 1 is 1.15 bits per heavy atom. The van der Waals surface area contributed by atoms with Crippen molar-refractivity contribution in [2.75, 3.05) is 0 Å². The number of carboxylic acid groups (broad SMARTS) is 1. The van der Waals surface area contributed by atoms with Crippen molar-refractivity contribution in [3.63, 3.8) is 0 Å². The molecule has 0 aliphatic heterocycles. The molecule has 110 valence electrons. The summed E-state index contributed by atoms with van der Waals surface area (Å²) in [6.07, 6.45) is 0.191. The number of carbonyl (C=O) groups is 2. The number of carboxylic acids is 1. The SMILES string of the molecule is CC(C)(C)OC(=O)c1ccc(CC(C)(N)C(=O)O)cc1. The van der Waals surface area contributed by atoms with Gasteiger partial charge in [-0.15, -0.1) is 0 Å². The molecular formula is C15H21NO4. The van der Waals surface area contributed by atoms with E-state index in [0.29, 0.717) is 5.56 Å². The maximum absolute atomic E-state index is 11.8. The number of nitrogens with two attached hydrogens (primary N) is 1. The molecule has 1 atom stereocenters. The molecule has 0 saturated heterocycles. The van der Waals surface area contributed by atoms with E-state index in [1.54, 1.807) is 45.0 Å². The smallest absolute Gasteiger partial charge is 0.338 e. The van der Waals surface area contributed by atoms with E-state index in [0.717, 1.165) is 5.56 Å². The molecule has 1 aromatic carbocycles. The second-order valence-electron chi connectivity index (χ2n) is 6.10. The molecule has 1 aromatic rings. The maximum atomic E-state index is 11.8. The third kappa shape index (κ3) is 4.66. The molecule has 0 fully saturated rings. The van der Waals surface area contributed by atoms with Gasteiger partial charge in [0.2, 0.25) is 0 Å². The molecule has 20 heavy (non-hydrogen) atoms. The van der Waals surface area contributed by atoms with Gasteiger partial charge < -0.3 is 15.6 Å². The van der Waals surface area contributed by atoms with Gasteiger partial charge in [-0.25, -0.2) is 4.79 Å². The number of esters is 1. The Bertz CT molecular complexity index is 498. The Morgan fingerprint density at radius 2 is 1.65 bits per heavy atom. The molecular weight excluding hydrogens is 258 g/mol. The summed E-state index contributed by atoms with van der Waals surface area (Å²) < 4.78 is 5.25. The first-order chi connectivity index (χ1) is 9.01. The van der Waals surface area contributed by atoms with Crippen molar-refractivity contribution >= 4 is 11.9 Å². The van der Waals surface area contributed by atoms with Crippen LogP contribution in [-0.2, 0) is 16.0 Å². The third-order valence-corrected chi connectivity index (χ3v) is 2.65. The van der Waals surface area contributed by atoms with Gasteiger partial charge in [0.1, 0.15) is 11.1 Å². The Labute approximate surface area is 118 Å². The highest BCUT2D eigenvalue weighted by atomic mass is 16.6. The molecule has 0 heterocycles. The van der Waals surface area contributed by atoms with Crippen LogP contribution < -0.4 is 5.73 Å². The maximum Gasteiger partial charge on any atom is 0.338 e. The minimum atomic E-state index is -1.33. The zero-order chi connectivity index (χ0) is 15.6. The van der Waals surface area contributed by atoms with Gasteiger partial charge in [0.15, 0.2) is 0 Å². The largest absolute Gasteiger partial charge is 0.480 e. The number of rotatable bonds is 4. The molecule has 0 saturated carbocycles. The summed E-state index contributed by atoms with van der Waals surface area (Å²) in [5.41, 5.74) is 4.99. The van der Waals surface area contributed by atoms with E-state index in [1.165, 1.54) is 6.92 Å². The van der Waals surface area contributed by atoms with Crippen LogP contribution >= 0.6 is 0 Å². The average Bonchev–Trinajstić information content (AvgIpc) is 2.26. The lowest BCUT2D eigenvalue weighted by Crippen LogP contribution is -2.46. The zero-order valence-corrected chi connectivity index (χ0v) is 12.3. The van der Waals surface area contributed by atoms with Crippen LogP contribution in [0.1, 0.15) is 43.6 Å². The van der Waals surface area contributed by atoms with Crippen molar-refractivity contribution in [1.82, 2.24) is 0 Å². The van der Waals surface area contributed by atoms with E-state index in [-0.39, 0.29) is 6.42 Å². The topological polar surface area (TPSA) is 89.6 Å². The highest BCUT2D eigenvalue weighted by Gasteiger charge is 2.28. The summed E-state index contributed by atoms with van der Waals surface area (Å²) in [4.78, 5) is 22.8. The number of benzene rings is 1. The van der Waals surface area contributed by atoms with Crippen LogP contribution in [0.2, 0.25) is 0 Å². The summed E-state index contributed by atoms with van der Waals surface area (Å²) in [6.45, 7) is 6.85. The zero-order valence-electron chi connectivity index (χ0n) is 12.3. The van der Waals surface area contributed by atoms with Crippen molar-refractivity contribution in [1.29, 1.82) is 0 Å². The third-order valence-electron chi connectivity index (χ3n) is 2.65. The van der Waals surface area contributed by atoms with Crippen LogP contribution in [0.3, 0.4) is 0 Å². The highest BCUT2D eigenvalue weighted by Crippen LogP contribution is 2.15. The molecule has 0 aliphatic rings. The van der Waals surface area contributed by atoms with Crippen molar-refractivity contribution in [3.8, 4) is 0 Å². The fourth-order valence-electron chi connectivity index (χ4n) is 1.60. The Morgan fingerprint density at radius 3 is 2.05 bits per heavy atom. The lowest BCUT2D eigenvalue weighted by Gasteiger charge is -2.20. The summed E-state index contributed by atoms with van der Waals surface area (Å²) in [7, 11) is 0. The first kappa shape index (κ1) is 16.2. The highest BCUT2D eigenvalue weighted by molar-refractivity contribution is 5.89. The van der Waals surface area contributed by atoms with E-state index < -0.39 is 23.1 Å². The minimum absolute atomic E-state index is 0.191. The first-order valence-corrected chi connectivity index (χ1v) is 6.36. The quantitative estimate of drug-likeness (QED) is 0.823. The molecule has 0 amide bonds. The molecule has 0 aromatic heterocycles. The van der Waals surface area contributed by atoms with Gasteiger partial charge in [-0.3, -0.25) is 4.79 Å². The summed E-state index contributed by atoms with van der Waals surface area (Å²) >= 11 is 0. The van der Waals surface area contributed by atoms with E-state index >= 15 is 0 Å². The van der Waals surface area contributed by atoms with Crippen LogP contribution in [0.5, 0.6) is 0 Å². The lowest BCUT2D eigenvalue weighted by atomic mass is 9.94. The Hall–Kier alpha value is -1.88. The summed E-state index contributed by atoms with van der Waals surface area (Å²) in [5, 5.41) is 8.97. The van der Waals surface area contributed by atoms with Crippen LogP contribution in [-0.4, -0.2) is 28.2 Å². The van der Waals surface area contributed by atoms with Crippen LogP contribution in [0.25, 0.3) is 0 Å². The van der Waals surface area contributed by atoms with Crippen LogP contribution in [0.4, 0.5) is 0 Å². The molecule has 0 bridgehead atoms. The number of carbonyl (C=O) groups excluding carboxylic acids is 1. The second kappa shape index (κ2) is 5.63. The molecule has 1 unspecified atom stereocenters. The van der Waals surface area contributed by atoms with Gasteiger partial charge in [-0.2, -0.15) is 0 Å². The predicted molar refractivity (Wildman–Crippen MR) is 75.5 cm³/mol. The fraction of sp³-hybridized carbons (Fsp3) is 0.467. The molecule has 5 nitrogen and oxygen atoms in total. The summed E-state index contributed by atoms with van der Waals surface area (Å²) in [5.74, 6) is -1.47. The van der Waals surface area contributed by atoms with E-state index in [9.17, 15) is 9.59 Å². The minimum Gasteiger partial charge on any atom is -0.480 e. The van der Waals surface area contributed by atoms with Crippen molar-refractivity contribution in [2.45, 2.75) is 45.3 Å². The van der Waals surface area contributed by atoms with Gasteiger partial charge in [0, 0.05) is 6.42 Å². The van der Waals surface area contributed by atoms with E-state index in [4.69, 9.17) is 15.6 Å². The van der Waals surface area contributed by atoms with Crippen molar-refractivity contribution in [3.05, 3.63) is 35.4 Å². The molecule has 3 N–H and O–H groups in total. The monoisotopic (exact) mass is 279 g/mol. The van der Waals surface area contributed by atoms with Gasteiger partial charge >= 0.3 is 11.9 Å². The van der Waals surface area contributed by atoms with Crippen LogP contribution in [0, 0.1) is 0 Å². The molecule has 5 heteroatoms.